The number of hydrogen-bond donors (Lipinski definition) is 0. The Hall–Kier alpha value is -0.560. The fourth-order valence-corrected chi connectivity index (χ4v) is 2.17. The van der Waals surface area contributed by atoms with E-state index in [1.807, 2.05) is 6.08 Å². The third-order valence-corrected chi connectivity index (χ3v) is 3.14. The minimum Gasteiger partial charge on any atom is -0.370 e. The van der Waals surface area contributed by atoms with Crippen LogP contribution in [-0.2, 0) is 4.74 Å². The van der Waals surface area contributed by atoms with Crippen LogP contribution in [0.1, 0.15) is 57.8 Å². The molecule has 0 bridgehead atoms. The molecule has 0 aliphatic heterocycles. The van der Waals surface area contributed by atoms with Crippen LogP contribution in [0.2, 0.25) is 0 Å². The van der Waals surface area contributed by atoms with E-state index in [1.165, 1.54) is 57.8 Å². The number of allylic oxidation sites excluding steroid dienone is 1. The summed E-state index contributed by atoms with van der Waals surface area (Å²) in [7, 11) is 0. The second kappa shape index (κ2) is 9.65. The summed E-state index contributed by atoms with van der Waals surface area (Å²) >= 11 is 0. The Balaban J connectivity index is 2.32. The highest BCUT2D eigenvalue weighted by molar-refractivity contribution is 4.90. The molecule has 1 nitrogen and oxygen atoms in total. The largest absolute Gasteiger partial charge is 0.370 e. The SMILES string of the molecule is C=CCOC1C=CCCCCCCCCC1. The Morgan fingerprint density at radius 3 is 2.50 bits per heavy atom. The molecule has 0 N–H and O–H groups in total. The maximum Gasteiger partial charge on any atom is 0.0760 e. The molecule has 0 amide bonds. The second-order valence-electron chi connectivity index (χ2n) is 4.64. The van der Waals surface area contributed by atoms with E-state index in [4.69, 9.17) is 4.74 Å². The first-order valence-electron chi connectivity index (χ1n) is 6.82. The predicted octanol–water partition coefficient (Wildman–Crippen LogP) is 4.64. The third-order valence-electron chi connectivity index (χ3n) is 3.14. The van der Waals surface area contributed by atoms with Crippen LogP contribution >= 0.6 is 0 Å². The summed E-state index contributed by atoms with van der Waals surface area (Å²) in [5, 5.41) is 0. The summed E-state index contributed by atoms with van der Waals surface area (Å²) in [4.78, 5) is 0. The van der Waals surface area contributed by atoms with Crippen molar-refractivity contribution in [3.8, 4) is 0 Å². The predicted molar refractivity (Wildman–Crippen MR) is 70.6 cm³/mol. The van der Waals surface area contributed by atoms with Crippen LogP contribution < -0.4 is 0 Å². The first-order chi connectivity index (χ1) is 7.93. The van der Waals surface area contributed by atoms with Gasteiger partial charge in [-0.25, -0.2) is 0 Å². The lowest BCUT2D eigenvalue weighted by Crippen LogP contribution is -2.10. The zero-order valence-corrected chi connectivity index (χ0v) is 10.5. The van der Waals surface area contributed by atoms with Crippen molar-refractivity contribution in [1.29, 1.82) is 0 Å². The van der Waals surface area contributed by atoms with Gasteiger partial charge in [0, 0.05) is 0 Å². The molecule has 0 aromatic rings. The Morgan fingerprint density at radius 1 is 1.06 bits per heavy atom. The van der Waals surface area contributed by atoms with Crippen molar-refractivity contribution >= 4 is 0 Å². The standard InChI is InChI=1S/C15H26O/c1-2-14-16-15-12-10-8-6-4-3-5-7-9-11-13-15/h2,10,12,15H,1,3-9,11,13-14H2. The molecule has 92 valence electrons. The van der Waals surface area contributed by atoms with Gasteiger partial charge in [-0.1, -0.05) is 56.8 Å². The first-order valence-corrected chi connectivity index (χ1v) is 6.82. The van der Waals surface area contributed by atoms with Crippen LogP contribution in [0, 0.1) is 0 Å². The topological polar surface area (TPSA) is 9.23 Å². The summed E-state index contributed by atoms with van der Waals surface area (Å²) in [6, 6.07) is 0. The van der Waals surface area contributed by atoms with Crippen LogP contribution in [0.4, 0.5) is 0 Å². The van der Waals surface area contributed by atoms with Crippen molar-refractivity contribution in [2.75, 3.05) is 6.61 Å². The van der Waals surface area contributed by atoms with Gasteiger partial charge in [0.25, 0.3) is 0 Å². The number of rotatable bonds is 3. The molecule has 0 heterocycles. The van der Waals surface area contributed by atoms with Gasteiger partial charge in [0.15, 0.2) is 0 Å². The average molecular weight is 222 g/mol. The molecular weight excluding hydrogens is 196 g/mol. The molecule has 0 aromatic carbocycles. The third kappa shape index (κ3) is 6.84. The molecule has 16 heavy (non-hydrogen) atoms. The first kappa shape index (κ1) is 13.5. The molecule has 0 saturated carbocycles. The monoisotopic (exact) mass is 222 g/mol. The smallest absolute Gasteiger partial charge is 0.0760 e. The van der Waals surface area contributed by atoms with Gasteiger partial charge >= 0.3 is 0 Å². The molecule has 0 fully saturated rings. The fraction of sp³-hybridized carbons (Fsp3) is 0.733. The molecule has 1 unspecified atom stereocenters. The number of hydrogen-bond acceptors (Lipinski definition) is 1. The Labute approximate surface area is 101 Å². The summed E-state index contributed by atoms with van der Waals surface area (Å²) < 4.78 is 5.73. The van der Waals surface area contributed by atoms with E-state index in [-0.39, 0.29) is 0 Å². The zero-order valence-electron chi connectivity index (χ0n) is 10.5. The average Bonchev–Trinajstić information content (AvgIpc) is 2.28. The molecule has 0 spiro atoms. The summed E-state index contributed by atoms with van der Waals surface area (Å²) in [6.45, 7) is 4.37. The molecule has 1 aliphatic carbocycles. The second-order valence-corrected chi connectivity index (χ2v) is 4.64. The van der Waals surface area contributed by atoms with E-state index in [2.05, 4.69) is 18.7 Å². The lowest BCUT2D eigenvalue weighted by atomic mass is 10.0. The van der Waals surface area contributed by atoms with Crippen molar-refractivity contribution in [1.82, 2.24) is 0 Å². The molecule has 0 aromatic heterocycles. The van der Waals surface area contributed by atoms with Crippen LogP contribution in [-0.4, -0.2) is 12.7 Å². The fourth-order valence-electron chi connectivity index (χ4n) is 2.17. The maximum absolute atomic E-state index is 5.73. The molecule has 1 atom stereocenters. The van der Waals surface area contributed by atoms with Crippen molar-refractivity contribution in [2.45, 2.75) is 63.9 Å². The van der Waals surface area contributed by atoms with E-state index < -0.39 is 0 Å². The van der Waals surface area contributed by atoms with Gasteiger partial charge in [-0.3, -0.25) is 0 Å². The molecule has 1 rings (SSSR count). The van der Waals surface area contributed by atoms with E-state index >= 15 is 0 Å². The minimum absolute atomic E-state index is 0.317. The van der Waals surface area contributed by atoms with Gasteiger partial charge in [-0.15, -0.1) is 6.58 Å². The molecule has 0 saturated heterocycles. The van der Waals surface area contributed by atoms with Gasteiger partial charge in [0.1, 0.15) is 0 Å². The summed E-state index contributed by atoms with van der Waals surface area (Å²) in [5.41, 5.74) is 0. The molecular formula is C15H26O. The Kier molecular flexibility index (Phi) is 8.15. The maximum atomic E-state index is 5.73. The highest BCUT2D eigenvalue weighted by Gasteiger charge is 2.04. The molecule has 1 aliphatic rings. The van der Waals surface area contributed by atoms with Crippen molar-refractivity contribution < 1.29 is 4.74 Å². The molecule has 0 radical (unpaired) electrons. The highest BCUT2D eigenvalue weighted by Crippen LogP contribution is 2.14. The quantitative estimate of drug-likeness (QED) is 0.632. The highest BCUT2D eigenvalue weighted by atomic mass is 16.5. The zero-order chi connectivity index (χ0) is 11.5. The van der Waals surface area contributed by atoms with Crippen LogP contribution in [0.3, 0.4) is 0 Å². The van der Waals surface area contributed by atoms with E-state index in [9.17, 15) is 0 Å². The van der Waals surface area contributed by atoms with E-state index in [0.29, 0.717) is 12.7 Å². The van der Waals surface area contributed by atoms with Crippen molar-refractivity contribution in [3.63, 3.8) is 0 Å². The van der Waals surface area contributed by atoms with E-state index in [1.54, 1.807) is 0 Å². The van der Waals surface area contributed by atoms with Crippen LogP contribution in [0.15, 0.2) is 24.8 Å². The normalized spacial score (nSPS) is 24.4. The van der Waals surface area contributed by atoms with Crippen LogP contribution in [0.5, 0.6) is 0 Å². The van der Waals surface area contributed by atoms with Crippen molar-refractivity contribution in [3.05, 3.63) is 24.8 Å². The van der Waals surface area contributed by atoms with Gasteiger partial charge in [0.2, 0.25) is 0 Å². The Morgan fingerprint density at radius 2 is 1.75 bits per heavy atom. The lowest BCUT2D eigenvalue weighted by molar-refractivity contribution is 0.100. The molecule has 1 heteroatoms. The lowest BCUT2D eigenvalue weighted by Gasteiger charge is -2.13. The van der Waals surface area contributed by atoms with Gasteiger partial charge < -0.3 is 4.74 Å². The van der Waals surface area contributed by atoms with Crippen LogP contribution in [0.25, 0.3) is 0 Å². The summed E-state index contributed by atoms with van der Waals surface area (Å²) in [5.74, 6) is 0. The van der Waals surface area contributed by atoms with Gasteiger partial charge in [-0.05, 0) is 19.3 Å². The Bertz CT molecular complexity index is 196. The summed E-state index contributed by atoms with van der Waals surface area (Å²) in [6.07, 6.45) is 18.7. The van der Waals surface area contributed by atoms with Gasteiger partial charge in [0.05, 0.1) is 12.7 Å². The van der Waals surface area contributed by atoms with Gasteiger partial charge in [-0.2, -0.15) is 0 Å². The minimum atomic E-state index is 0.317. The van der Waals surface area contributed by atoms with Crippen molar-refractivity contribution in [2.24, 2.45) is 0 Å². The number of ether oxygens (including phenoxy) is 1. The van der Waals surface area contributed by atoms with E-state index in [0.717, 1.165) is 0 Å².